The number of nitrogens with zero attached hydrogens (tertiary/aromatic N) is 1. The Labute approximate surface area is 274 Å². The fourth-order valence-electron chi connectivity index (χ4n) is 7.09. The van der Waals surface area contributed by atoms with Gasteiger partial charge >= 0.3 is 0 Å². The van der Waals surface area contributed by atoms with Crippen LogP contribution >= 0.6 is 0 Å². The van der Waals surface area contributed by atoms with E-state index in [0.717, 1.165) is 17.1 Å². The summed E-state index contributed by atoms with van der Waals surface area (Å²) < 4.78 is 0. The van der Waals surface area contributed by atoms with Gasteiger partial charge in [0, 0.05) is 16.8 Å². The first-order valence-corrected chi connectivity index (χ1v) is 16.2. The number of fused-ring (bicyclic) bond motifs is 6. The van der Waals surface area contributed by atoms with Crippen molar-refractivity contribution in [1.29, 1.82) is 0 Å². The molecule has 0 aliphatic rings. The average molecular weight is 598 g/mol. The Morgan fingerprint density at radius 3 is 1.57 bits per heavy atom. The molecule has 0 aliphatic heterocycles. The summed E-state index contributed by atoms with van der Waals surface area (Å²) in [5.74, 6) is 0. The topological polar surface area (TPSA) is 3.24 Å². The van der Waals surface area contributed by atoms with Crippen LogP contribution in [0.4, 0.5) is 17.1 Å². The van der Waals surface area contributed by atoms with E-state index in [1.807, 2.05) is 0 Å². The fraction of sp³-hybridized carbons (Fsp3) is 0. The predicted molar refractivity (Wildman–Crippen MR) is 202 cm³/mol. The summed E-state index contributed by atoms with van der Waals surface area (Å²) >= 11 is 0. The van der Waals surface area contributed by atoms with Gasteiger partial charge in [0.2, 0.25) is 0 Å². The second kappa shape index (κ2) is 11.3. The summed E-state index contributed by atoms with van der Waals surface area (Å²) in [5.41, 5.74) is 8.21. The van der Waals surface area contributed by atoms with Crippen molar-refractivity contribution in [1.82, 2.24) is 0 Å². The molecule has 0 atom stereocenters. The Morgan fingerprint density at radius 2 is 0.787 bits per heavy atom. The molecular weight excluding hydrogens is 567 g/mol. The van der Waals surface area contributed by atoms with E-state index < -0.39 is 0 Å². The molecular formula is C46H31N. The predicted octanol–water partition coefficient (Wildman–Crippen LogP) is 13.1. The molecule has 0 spiro atoms. The van der Waals surface area contributed by atoms with E-state index in [1.54, 1.807) is 0 Å². The minimum Gasteiger partial charge on any atom is -0.310 e. The van der Waals surface area contributed by atoms with Gasteiger partial charge in [0.15, 0.2) is 0 Å². The smallest absolute Gasteiger partial charge is 0.0546 e. The molecule has 9 rings (SSSR count). The van der Waals surface area contributed by atoms with Gasteiger partial charge in [-0.2, -0.15) is 0 Å². The maximum absolute atomic E-state index is 2.42. The van der Waals surface area contributed by atoms with Crippen molar-refractivity contribution in [2.24, 2.45) is 0 Å². The zero-order chi connectivity index (χ0) is 31.2. The highest BCUT2D eigenvalue weighted by molar-refractivity contribution is 6.14. The van der Waals surface area contributed by atoms with Gasteiger partial charge in [-0.1, -0.05) is 152 Å². The van der Waals surface area contributed by atoms with Crippen LogP contribution in [0.1, 0.15) is 0 Å². The second-order valence-electron chi connectivity index (χ2n) is 12.2. The molecule has 1 heteroatoms. The van der Waals surface area contributed by atoms with E-state index in [-0.39, 0.29) is 0 Å². The fourth-order valence-corrected chi connectivity index (χ4v) is 7.09. The molecule has 0 N–H and O–H groups in total. The Hall–Kier alpha value is -6.18. The maximum Gasteiger partial charge on any atom is 0.0546 e. The average Bonchev–Trinajstić information content (AvgIpc) is 3.15. The van der Waals surface area contributed by atoms with Gasteiger partial charge in [-0.3, -0.25) is 0 Å². The van der Waals surface area contributed by atoms with Crippen LogP contribution < -0.4 is 4.90 Å². The lowest BCUT2D eigenvalue weighted by Gasteiger charge is -2.28. The van der Waals surface area contributed by atoms with Crippen LogP contribution in [0.3, 0.4) is 0 Å². The molecule has 9 aromatic rings. The molecule has 0 amide bonds. The van der Waals surface area contributed by atoms with Crippen LogP contribution in [-0.4, -0.2) is 0 Å². The van der Waals surface area contributed by atoms with Crippen molar-refractivity contribution in [2.45, 2.75) is 0 Å². The van der Waals surface area contributed by atoms with Gasteiger partial charge in [-0.15, -0.1) is 0 Å². The quantitative estimate of drug-likeness (QED) is 0.178. The van der Waals surface area contributed by atoms with Crippen LogP contribution in [0.5, 0.6) is 0 Å². The van der Waals surface area contributed by atoms with Crippen molar-refractivity contribution in [3.8, 4) is 22.3 Å². The summed E-state index contributed by atoms with van der Waals surface area (Å²) in [4.78, 5) is 2.42. The normalized spacial score (nSPS) is 11.4. The summed E-state index contributed by atoms with van der Waals surface area (Å²) in [7, 11) is 0. The maximum atomic E-state index is 2.42. The molecule has 0 radical (unpaired) electrons. The van der Waals surface area contributed by atoms with Crippen molar-refractivity contribution >= 4 is 60.2 Å². The van der Waals surface area contributed by atoms with Crippen LogP contribution in [0, 0.1) is 0 Å². The van der Waals surface area contributed by atoms with Crippen molar-refractivity contribution in [2.75, 3.05) is 4.90 Å². The lowest BCUT2D eigenvalue weighted by molar-refractivity contribution is 1.30. The van der Waals surface area contributed by atoms with Crippen LogP contribution in [0.25, 0.3) is 65.3 Å². The minimum atomic E-state index is 1.12. The summed E-state index contributed by atoms with van der Waals surface area (Å²) in [6.45, 7) is 0. The number of benzene rings is 9. The van der Waals surface area contributed by atoms with Crippen molar-refractivity contribution in [3.05, 3.63) is 188 Å². The summed E-state index contributed by atoms with van der Waals surface area (Å²) in [6.07, 6.45) is 0. The first-order valence-electron chi connectivity index (χ1n) is 16.2. The number of hydrogen-bond donors (Lipinski definition) is 0. The van der Waals surface area contributed by atoms with Gasteiger partial charge < -0.3 is 4.90 Å². The molecule has 0 bridgehead atoms. The molecule has 0 fully saturated rings. The third-order valence-electron chi connectivity index (χ3n) is 9.40. The Morgan fingerprint density at radius 1 is 0.255 bits per heavy atom. The Balaban J connectivity index is 1.22. The first kappa shape index (κ1) is 27.2. The molecule has 0 unspecified atom stereocenters. The zero-order valence-electron chi connectivity index (χ0n) is 25.8. The van der Waals surface area contributed by atoms with Crippen molar-refractivity contribution < 1.29 is 0 Å². The first-order chi connectivity index (χ1) is 23.3. The highest BCUT2D eigenvalue weighted by Crippen LogP contribution is 2.43. The van der Waals surface area contributed by atoms with Gasteiger partial charge in [0.1, 0.15) is 0 Å². The lowest BCUT2D eigenvalue weighted by Crippen LogP contribution is -2.10. The molecule has 0 heterocycles. The zero-order valence-corrected chi connectivity index (χ0v) is 25.8. The second-order valence-corrected chi connectivity index (χ2v) is 12.2. The summed E-state index contributed by atoms with van der Waals surface area (Å²) in [6, 6.07) is 68.3. The molecule has 9 aromatic carbocycles. The summed E-state index contributed by atoms with van der Waals surface area (Å²) in [5, 5.41) is 10.1. The molecule has 47 heavy (non-hydrogen) atoms. The molecule has 0 aliphatic carbocycles. The van der Waals surface area contributed by atoms with E-state index >= 15 is 0 Å². The third-order valence-corrected chi connectivity index (χ3v) is 9.40. The molecule has 0 saturated heterocycles. The van der Waals surface area contributed by atoms with E-state index in [9.17, 15) is 0 Å². The third kappa shape index (κ3) is 4.81. The largest absolute Gasteiger partial charge is 0.310 e. The van der Waals surface area contributed by atoms with Crippen LogP contribution in [-0.2, 0) is 0 Å². The molecule has 0 saturated carbocycles. The van der Waals surface area contributed by atoms with E-state index in [1.165, 1.54) is 65.3 Å². The number of anilines is 3. The van der Waals surface area contributed by atoms with E-state index in [0.29, 0.717) is 0 Å². The standard InChI is InChI=1S/C46H31N/c1-2-11-32(12-3-1)36-15-10-16-40(29-36)47(46-31-38-14-5-7-18-42(38)43-19-8-9-20-44(43)46)39-27-25-33(26-28-39)37-24-23-35-22-21-34-13-4-6-17-41(34)45(35)30-37/h1-31H. The highest BCUT2D eigenvalue weighted by Gasteiger charge is 2.18. The molecule has 220 valence electrons. The van der Waals surface area contributed by atoms with Gasteiger partial charge in [-0.05, 0) is 96.4 Å². The van der Waals surface area contributed by atoms with Gasteiger partial charge in [-0.25, -0.2) is 0 Å². The van der Waals surface area contributed by atoms with Crippen LogP contribution in [0.15, 0.2) is 188 Å². The SMILES string of the molecule is c1ccc(-c2cccc(N(c3ccc(-c4ccc5ccc6ccccc6c5c4)cc3)c3cc4ccccc4c4ccccc34)c2)cc1. The van der Waals surface area contributed by atoms with E-state index in [4.69, 9.17) is 0 Å². The van der Waals surface area contributed by atoms with Gasteiger partial charge in [0.05, 0.1) is 5.69 Å². The van der Waals surface area contributed by atoms with E-state index in [2.05, 4.69) is 193 Å². The Kier molecular flexibility index (Phi) is 6.54. The Bertz CT molecular complexity index is 2560. The molecule has 1 nitrogen and oxygen atoms in total. The number of rotatable bonds is 5. The van der Waals surface area contributed by atoms with Gasteiger partial charge in [0.25, 0.3) is 0 Å². The van der Waals surface area contributed by atoms with Crippen LogP contribution in [0.2, 0.25) is 0 Å². The van der Waals surface area contributed by atoms with Crippen molar-refractivity contribution in [3.63, 3.8) is 0 Å². The lowest BCUT2D eigenvalue weighted by atomic mass is 9.96. The number of hydrogen-bond acceptors (Lipinski definition) is 1. The minimum absolute atomic E-state index is 1.12. The molecule has 0 aromatic heterocycles. The highest BCUT2D eigenvalue weighted by atomic mass is 15.1. The monoisotopic (exact) mass is 597 g/mol.